The van der Waals surface area contributed by atoms with Crippen LogP contribution in [-0.2, 0) is 9.09 Å². The van der Waals surface area contributed by atoms with Crippen LogP contribution < -0.4 is 0 Å². The summed E-state index contributed by atoms with van der Waals surface area (Å²) >= 11 is 0. The van der Waals surface area contributed by atoms with E-state index in [1.165, 1.54) is 6.66 Å². The summed E-state index contributed by atoms with van der Waals surface area (Å²) in [5.41, 5.74) is 0. The molecule has 0 aliphatic carbocycles. The minimum Gasteiger partial charge on any atom is -0.324 e. The average molecular weight is 208 g/mol. The second-order valence-electron chi connectivity index (χ2n) is 1.96. The predicted molar refractivity (Wildman–Crippen MR) is 37.7 cm³/mol. The maximum Gasteiger partial charge on any atom is 0.325 e. The summed E-state index contributed by atoms with van der Waals surface area (Å²) in [6.45, 7) is 4.60. The third-order valence-corrected chi connectivity index (χ3v) is 1.22. The Hall–Kier alpha value is 0.786. The Morgan fingerprint density at radius 1 is 1.56 bits per heavy atom. The van der Waals surface area contributed by atoms with Gasteiger partial charge in [-0.3, -0.25) is 4.57 Å². The molecule has 1 unspecified atom stereocenters. The van der Waals surface area contributed by atoms with Crippen molar-refractivity contribution in [1.82, 2.24) is 0 Å². The van der Waals surface area contributed by atoms with Gasteiger partial charge in [0.15, 0.2) is 0 Å². The van der Waals surface area contributed by atoms with Crippen LogP contribution in [0.25, 0.3) is 0 Å². The zero-order chi connectivity index (χ0) is 6.78. The standard InChI is InChI=1S/C4H11O3P.Ga/c1-4(2)7-8(3,5)6;/h4H,1-3H3,(H,5,6);. The van der Waals surface area contributed by atoms with Gasteiger partial charge in [0.1, 0.15) is 0 Å². The van der Waals surface area contributed by atoms with Crippen molar-refractivity contribution in [2.24, 2.45) is 0 Å². The monoisotopic (exact) mass is 207 g/mol. The van der Waals surface area contributed by atoms with Crippen molar-refractivity contribution in [3.63, 3.8) is 0 Å². The first-order valence-corrected chi connectivity index (χ1v) is 4.43. The van der Waals surface area contributed by atoms with Gasteiger partial charge in [0.2, 0.25) is 0 Å². The smallest absolute Gasteiger partial charge is 0.324 e. The molecule has 0 bridgehead atoms. The van der Waals surface area contributed by atoms with Crippen LogP contribution in [0, 0.1) is 0 Å². The summed E-state index contributed by atoms with van der Waals surface area (Å²) in [6.07, 6.45) is -0.171. The van der Waals surface area contributed by atoms with Crippen LogP contribution >= 0.6 is 7.60 Å². The first kappa shape index (κ1) is 12.5. The molecule has 53 valence electrons. The Morgan fingerprint density at radius 2 is 1.89 bits per heavy atom. The van der Waals surface area contributed by atoms with Gasteiger partial charge in [-0.2, -0.15) is 0 Å². The van der Waals surface area contributed by atoms with Crippen molar-refractivity contribution in [2.45, 2.75) is 20.0 Å². The second-order valence-corrected chi connectivity index (χ2v) is 3.77. The van der Waals surface area contributed by atoms with Crippen LogP contribution in [0.2, 0.25) is 0 Å². The van der Waals surface area contributed by atoms with E-state index in [2.05, 4.69) is 4.52 Å². The molecular formula is C4H11GaO3P. The van der Waals surface area contributed by atoms with Gasteiger partial charge in [-0.05, 0) is 13.8 Å². The molecule has 0 amide bonds. The van der Waals surface area contributed by atoms with Gasteiger partial charge in [0, 0.05) is 26.5 Å². The Kier molecular flexibility index (Phi) is 6.34. The molecule has 0 aromatic carbocycles. The summed E-state index contributed by atoms with van der Waals surface area (Å²) in [5.74, 6) is 0. The molecule has 9 heavy (non-hydrogen) atoms. The Morgan fingerprint density at radius 3 is 1.89 bits per heavy atom. The summed E-state index contributed by atoms with van der Waals surface area (Å²) in [5, 5.41) is 0. The molecule has 1 atom stereocenters. The van der Waals surface area contributed by atoms with Gasteiger partial charge in [0.05, 0.1) is 6.10 Å². The molecule has 0 saturated heterocycles. The van der Waals surface area contributed by atoms with E-state index < -0.39 is 7.60 Å². The minimum atomic E-state index is -3.22. The number of rotatable bonds is 2. The van der Waals surface area contributed by atoms with Crippen molar-refractivity contribution in [3.8, 4) is 0 Å². The predicted octanol–water partition coefficient (Wildman–Crippen LogP) is 0.846. The van der Waals surface area contributed by atoms with Crippen LogP contribution in [0.3, 0.4) is 0 Å². The molecule has 0 aliphatic heterocycles. The zero-order valence-corrected chi connectivity index (χ0v) is 9.18. The van der Waals surface area contributed by atoms with Gasteiger partial charge >= 0.3 is 7.60 Å². The fourth-order valence-corrected chi connectivity index (χ4v) is 1.17. The fraction of sp³-hybridized carbons (Fsp3) is 1.00. The molecule has 0 aliphatic rings. The minimum absolute atomic E-state index is 0. The molecule has 0 aromatic heterocycles. The fourth-order valence-electron chi connectivity index (χ4n) is 0.391. The number of hydrogen-bond acceptors (Lipinski definition) is 2. The Balaban J connectivity index is 0. The van der Waals surface area contributed by atoms with Crippen LogP contribution in [-0.4, -0.2) is 37.5 Å². The van der Waals surface area contributed by atoms with E-state index in [1.54, 1.807) is 13.8 Å². The summed E-state index contributed by atoms with van der Waals surface area (Å²) in [4.78, 5) is 8.52. The van der Waals surface area contributed by atoms with E-state index in [9.17, 15) is 4.57 Å². The molecule has 0 aromatic rings. The van der Waals surface area contributed by atoms with Gasteiger partial charge in [-0.1, -0.05) is 0 Å². The molecule has 0 saturated carbocycles. The number of hydrogen-bond donors (Lipinski definition) is 1. The maximum absolute atomic E-state index is 10.4. The van der Waals surface area contributed by atoms with Crippen LogP contribution in [0.5, 0.6) is 0 Å². The first-order chi connectivity index (χ1) is 3.42. The third kappa shape index (κ3) is 12.1. The summed E-state index contributed by atoms with van der Waals surface area (Å²) in [6, 6.07) is 0. The largest absolute Gasteiger partial charge is 0.325 e. The van der Waals surface area contributed by atoms with Gasteiger partial charge in [0.25, 0.3) is 0 Å². The Bertz CT molecular complexity index is 108. The molecule has 5 heteroatoms. The van der Waals surface area contributed by atoms with E-state index in [1.807, 2.05) is 0 Å². The topological polar surface area (TPSA) is 46.5 Å². The zero-order valence-electron chi connectivity index (χ0n) is 5.87. The van der Waals surface area contributed by atoms with Gasteiger partial charge < -0.3 is 9.42 Å². The van der Waals surface area contributed by atoms with Crippen molar-refractivity contribution in [3.05, 3.63) is 0 Å². The second kappa shape index (κ2) is 4.58. The summed E-state index contributed by atoms with van der Waals surface area (Å²) < 4.78 is 14.9. The van der Waals surface area contributed by atoms with E-state index in [4.69, 9.17) is 4.89 Å². The van der Waals surface area contributed by atoms with Crippen LogP contribution in [0.15, 0.2) is 0 Å². The van der Waals surface area contributed by atoms with Gasteiger partial charge in [-0.25, -0.2) is 0 Å². The molecule has 0 fully saturated rings. The quantitative estimate of drug-likeness (QED) is 0.540. The van der Waals surface area contributed by atoms with Crippen LogP contribution in [0.4, 0.5) is 0 Å². The molecule has 0 heterocycles. The normalized spacial score (nSPS) is 16.6. The maximum atomic E-state index is 10.4. The molecule has 0 rings (SSSR count). The van der Waals surface area contributed by atoms with Gasteiger partial charge in [-0.15, -0.1) is 0 Å². The summed E-state index contributed by atoms with van der Waals surface area (Å²) in [7, 11) is -3.22. The van der Waals surface area contributed by atoms with E-state index in [0.29, 0.717) is 0 Å². The van der Waals surface area contributed by atoms with E-state index >= 15 is 0 Å². The van der Waals surface area contributed by atoms with Crippen molar-refractivity contribution in [1.29, 1.82) is 0 Å². The Labute approximate surface area is 68.4 Å². The van der Waals surface area contributed by atoms with E-state index in [0.717, 1.165) is 0 Å². The van der Waals surface area contributed by atoms with Crippen molar-refractivity contribution in [2.75, 3.05) is 6.66 Å². The van der Waals surface area contributed by atoms with E-state index in [-0.39, 0.29) is 25.9 Å². The average Bonchev–Trinajstić information content (AvgIpc) is 1.21. The first-order valence-electron chi connectivity index (χ1n) is 2.40. The van der Waals surface area contributed by atoms with Crippen molar-refractivity contribution < 1.29 is 14.0 Å². The third-order valence-electron chi connectivity index (χ3n) is 0.406. The van der Waals surface area contributed by atoms with Crippen LogP contribution in [0.1, 0.15) is 13.8 Å². The molecular weight excluding hydrogens is 197 g/mol. The van der Waals surface area contributed by atoms with Crippen molar-refractivity contribution >= 4 is 27.4 Å². The molecule has 0 spiro atoms. The molecule has 1 N–H and O–H groups in total. The molecule has 3 radical (unpaired) electrons. The molecule has 3 nitrogen and oxygen atoms in total. The SMILES string of the molecule is CC(C)OP(C)(=O)O.[Ga].